The van der Waals surface area contributed by atoms with E-state index in [1.54, 1.807) is 19.1 Å². The number of hydrogen-bond donors (Lipinski definition) is 1. The van der Waals surface area contributed by atoms with Gasteiger partial charge in [0.15, 0.2) is 5.54 Å². The zero-order valence-corrected chi connectivity index (χ0v) is 12.9. The number of hydrogen-bond acceptors (Lipinski definition) is 3. The Kier molecular flexibility index (Phi) is 3.47. The molecule has 108 valence electrons. The highest BCUT2D eigenvalue weighted by molar-refractivity contribution is 7.16. The molecule has 1 N–H and O–H groups in total. The highest BCUT2D eigenvalue weighted by Gasteiger charge is 2.49. The van der Waals surface area contributed by atoms with Crippen molar-refractivity contribution in [3.05, 3.63) is 57.2 Å². The van der Waals surface area contributed by atoms with Crippen LogP contribution >= 0.6 is 22.9 Å². The molecule has 3 rings (SSSR count). The van der Waals surface area contributed by atoms with Crippen molar-refractivity contribution in [1.29, 1.82) is 0 Å². The van der Waals surface area contributed by atoms with E-state index in [0.29, 0.717) is 4.34 Å². The van der Waals surface area contributed by atoms with Crippen LogP contribution in [0, 0.1) is 0 Å². The molecular weight excluding hydrogens is 308 g/mol. The van der Waals surface area contributed by atoms with Gasteiger partial charge in [-0.15, -0.1) is 11.3 Å². The number of urea groups is 1. The monoisotopic (exact) mass is 320 g/mol. The van der Waals surface area contributed by atoms with Crippen molar-refractivity contribution in [3.63, 3.8) is 0 Å². The van der Waals surface area contributed by atoms with Crippen LogP contribution in [0.5, 0.6) is 0 Å². The third-order valence-electron chi connectivity index (χ3n) is 3.52. The Labute approximate surface area is 131 Å². The fourth-order valence-corrected chi connectivity index (χ4v) is 3.49. The van der Waals surface area contributed by atoms with Crippen molar-refractivity contribution in [2.45, 2.75) is 19.0 Å². The Hall–Kier alpha value is -1.85. The van der Waals surface area contributed by atoms with Gasteiger partial charge in [0, 0.05) is 4.88 Å². The van der Waals surface area contributed by atoms with Crippen LogP contribution in [0.25, 0.3) is 0 Å². The first-order valence-corrected chi connectivity index (χ1v) is 7.64. The molecule has 1 aromatic carbocycles. The summed E-state index contributed by atoms with van der Waals surface area (Å²) in [5, 5.41) is 2.77. The molecule has 4 nitrogen and oxygen atoms in total. The predicted octanol–water partition coefficient (Wildman–Crippen LogP) is 3.37. The van der Waals surface area contributed by atoms with Crippen molar-refractivity contribution in [2.75, 3.05) is 0 Å². The van der Waals surface area contributed by atoms with E-state index >= 15 is 0 Å². The van der Waals surface area contributed by atoms with Crippen molar-refractivity contribution < 1.29 is 9.59 Å². The lowest BCUT2D eigenvalue weighted by molar-refractivity contribution is -0.131. The number of amides is 3. The molecule has 2 heterocycles. The van der Waals surface area contributed by atoms with E-state index in [9.17, 15) is 9.59 Å². The van der Waals surface area contributed by atoms with Crippen molar-refractivity contribution in [3.8, 4) is 0 Å². The van der Waals surface area contributed by atoms with Crippen molar-refractivity contribution in [2.24, 2.45) is 0 Å². The number of nitrogens with one attached hydrogen (secondary N) is 1. The second kappa shape index (κ2) is 5.16. The molecule has 1 saturated heterocycles. The summed E-state index contributed by atoms with van der Waals surface area (Å²) in [5.41, 5.74) is -0.126. The number of rotatable bonds is 3. The van der Waals surface area contributed by atoms with Gasteiger partial charge in [-0.2, -0.15) is 0 Å². The Morgan fingerprint density at radius 3 is 2.52 bits per heavy atom. The second-order valence-corrected chi connectivity index (χ2v) is 6.75. The van der Waals surface area contributed by atoms with E-state index in [2.05, 4.69) is 5.32 Å². The zero-order chi connectivity index (χ0) is 15.0. The van der Waals surface area contributed by atoms with Crippen LogP contribution in [-0.2, 0) is 16.9 Å². The van der Waals surface area contributed by atoms with Crippen LogP contribution < -0.4 is 5.32 Å². The molecule has 3 amide bonds. The van der Waals surface area contributed by atoms with Gasteiger partial charge >= 0.3 is 6.03 Å². The number of halogens is 1. The molecule has 1 aromatic heterocycles. The molecular formula is C15H13ClN2O2S. The summed E-state index contributed by atoms with van der Waals surface area (Å²) < 4.78 is 0.592. The van der Waals surface area contributed by atoms with Gasteiger partial charge in [0.1, 0.15) is 0 Å². The van der Waals surface area contributed by atoms with Gasteiger partial charge in [0.25, 0.3) is 5.91 Å². The number of carbonyl (C=O) groups excluding carboxylic acids is 2. The smallest absolute Gasteiger partial charge is 0.319 e. The number of thiophene rings is 1. The summed E-state index contributed by atoms with van der Waals surface area (Å²) in [4.78, 5) is 26.8. The minimum atomic E-state index is -1.04. The van der Waals surface area contributed by atoms with E-state index < -0.39 is 5.54 Å². The number of nitrogens with zero attached hydrogens (tertiary/aromatic N) is 1. The van der Waals surface area contributed by atoms with Crippen LogP contribution in [0.3, 0.4) is 0 Å². The fourth-order valence-electron chi connectivity index (χ4n) is 2.36. The minimum absolute atomic E-state index is 0.255. The van der Waals surface area contributed by atoms with Crippen LogP contribution in [0.4, 0.5) is 4.79 Å². The summed E-state index contributed by atoms with van der Waals surface area (Å²) in [6.45, 7) is 1.97. The topological polar surface area (TPSA) is 49.4 Å². The maximum atomic E-state index is 12.7. The second-order valence-electron chi connectivity index (χ2n) is 5.04. The molecule has 0 aliphatic carbocycles. The van der Waals surface area contributed by atoms with Gasteiger partial charge in [-0.05, 0) is 24.6 Å². The van der Waals surface area contributed by atoms with E-state index in [0.717, 1.165) is 10.4 Å². The van der Waals surface area contributed by atoms with E-state index in [-0.39, 0.29) is 18.5 Å². The molecule has 0 bridgehead atoms. The van der Waals surface area contributed by atoms with Crippen molar-refractivity contribution in [1.82, 2.24) is 10.2 Å². The number of benzene rings is 1. The summed E-state index contributed by atoms with van der Waals surface area (Å²) in [6.07, 6.45) is 0. The van der Waals surface area contributed by atoms with Gasteiger partial charge in [-0.1, -0.05) is 41.9 Å². The normalized spacial score (nSPS) is 21.7. The van der Waals surface area contributed by atoms with Crippen molar-refractivity contribution >= 4 is 34.9 Å². The van der Waals surface area contributed by atoms with E-state index in [4.69, 9.17) is 11.6 Å². The van der Waals surface area contributed by atoms with Crippen LogP contribution in [0.2, 0.25) is 4.34 Å². The maximum absolute atomic E-state index is 12.7. The molecule has 1 atom stereocenters. The third kappa shape index (κ3) is 2.43. The minimum Gasteiger partial charge on any atom is -0.319 e. The largest absolute Gasteiger partial charge is 0.325 e. The summed E-state index contributed by atoms with van der Waals surface area (Å²) in [7, 11) is 0. The maximum Gasteiger partial charge on any atom is 0.325 e. The Morgan fingerprint density at radius 1 is 1.19 bits per heavy atom. The molecule has 1 fully saturated rings. The molecule has 0 saturated carbocycles. The average Bonchev–Trinajstić information content (AvgIpc) is 2.99. The SMILES string of the molecule is C[C@]1(c2ccc(Cl)s2)NC(=O)N(Cc2ccccc2)C1=O. The first kappa shape index (κ1) is 14.1. The summed E-state index contributed by atoms with van der Waals surface area (Å²) in [6, 6.07) is 12.6. The molecule has 0 spiro atoms. The lowest BCUT2D eigenvalue weighted by Gasteiger charge is -2.20. The third-order valence-corrected chi connectivity index (χ3v) is 4.98. The highest BCUT2D eigenvalue weighted by Crippen LogP contribution is 2.35. The molecule has 2 aromatic rings. The first-order chi connectivity index (χ1) is 10.0. The molecule has 1 aliphatic heterocycles. The molecule has 1 aliphatic rings. The van der Waals surface area contributed by atoms with Gasteiger partial charge < -0.3 is 5.32 Å². The Morgan fingerprint density at radius 2 is 1.90 bits per heavy atom. The molecule has 0 unspecified atom stereocenters. The van der Waals surface area contributed by atoms with Gasteiger partial charge in [-0.3, -0.25) is 9.69 Å². The molecule has 6 heteroatoms. The summed E-state index contributed by atoms with van der Waals surface area (Å²) >= 11 is 7.23. The highest BCUT2D eigenvalue weighted by atomic mass is 35.5. The standard InChI is InChI=1S/C15H13ClN2O2S/c1-15(11-7-8-12(16)21-11)13(19)18(14(20)17-15)9-10-5-3-2-4-6-10/h2-8H,9H2,1H3,(H,17,20)/t15-/m1/s1. The predicted molar refractivity (Wildman–Crippen MR) is 82.2 cm³/mol. The molecule has 0 radical (unpaired) electrons. The van der Waals surface area contributed by atoms with E-state index in [1.165, 1.54) is 16.2 Å². The Balaban J connectivity index is 1.88. The quantitative estimate of drug-likeness (QED) is 0.881. The number of carbonyl (C=O) groups is 2. The van der Waals surface area contributed by atoms with Gasteiger partial charge in [0.2, 0.25) is 0 Å². The van der Waals surface area contributed by atoms with Crippen LogP contribution in [0.1, 0.15) is 17.4 Å². The van der Waals surface area contributed by atoms with Crippen LogP contribution in [-0.4, -0.2) is 16.8 Å². The summed E-state index contributed by atoms with van der Waals surface area (Å²) in [5.74, 6) is -0.255. The average molecular weight is 321 g/mol. The van der Waals surface area contributed by atoms with E-state index in [1.807, 2.05) is 30.3 Å². The lowest BCUT2D eigenvalue weighted by Crippen LogP contribution is -2.40. The van der Waals surface area contributed by atoms with Gasteiger partial charge in [-0.25, -0.2) is 4.79 Å². The number of imide groups is 1. The fraction of sp³-hybridized carbons (Fsp3) is 0.200. The first-order valence-electron chi connectivity index (χ1n) is 6.44. The lowest BCUT2D eigenvalue weighted by atomic mass is 10.0. The zero-order valence-electron chi connectivity index (χ0n) is 11.3. The van der Waals surface area contributed by atoms with Crippen LogP contribution in [0.15, 0.2) is 42.5 Å². The Bertz CT molecular complexity index is 701. The molecule has 21 heavy (non-hydrogen) atoms. The van der Waals surface area contributed by atoms with Gasteiger partial charge in [0.05, 0.1) is 10.9 Å².